The van der Waals surface area contributed by atoms with Gasteiger partial charge < -0.3 is 15.2 Å². The fourth-order valence-corrected chi connectivity index (χ4v) is 2.51. The van der Waals surface area contributed by atoms with Crippen molar-refractivity contribution in [3.8, 4) is 11.5 Å². The Balaban J connectivity index is 2.07. The van der Waals surface area contributed by atoms with E-state index in [0.29, 0.717) is 23.6 Å². The van der Waals surface area contributed by atoms with E-state index in [1.54, 1.807) is 6.07 Å². The second-order valence-electron chi connectivity index (χ2n) is 4.52. The van der Waals surface area contributed by atoms with Crippen molar-refractivity contribution in [2.24, 2.45) is 5.73 Å². The van der Waals surface area contributed by atoms with Gasteiger partial charge >= 0.3 is 0 Å². The van der Waals surface area contributed by atoms with Gasteiger partial charge in [-0.15, -0.1) is 0 Å². The number of rotatable bonds is 2. The van der Waals surface area contributed by atoms with Gasteiger partial charge in [-0.1, -0.05) is 6.42 Å². The van der Waals surface area contributed by atoms with Crippen molar-refractivity contribution >= 4 is 0 Å². The average Bonchev–Trinajstić information content (AvgIpc) is 2.64. The molecular weight excluding hydrogens is 209 g/mol. The average molecular weight is 223 g/mol. The van der Waals surface area contributed by atoms with Crippen LogP contribution in [0, 0.1) is 5.82 Å². The molecule has 0 radical (unpaired) electrons. The summed E-state index contributed by atoms with van der Waals surface area (Å²) in [6.07, 6.45) is 3.03. The summed E-state index contributed by atoms with van der Waals surface area (Å²) in [5, 5.41) is 0. The van der Waals surface area contributed by atoms with Gasteiger partial charge in [-0.2, -0.15) is 0 Å². The van der Waals surface area contributed by atoms with E-state index in [1.807, 2.05) is 0 Å². The fourth-order valence-electron chi connectivity index (χ4n) is 2.51. The Morgan fingerprint density at radius 2 is 1.94 bits per heavy atom. The Labute approximate surface area is 93.3 Å². The van der Waals surface area contributed by atoms with Crippen molar-refractivity contribution in [1.29, 1.82) is 0 Å². The molecule has 0 bridgehead atoms. The highest BCUT2D eigenvalue weighted by atomic mass is 19.1. The van der Waals surface area contributed by atoms with Gasteiger partial charge in [0.1, 0.15) is 5.82 Å². The van der Waals surface area contributed by atoms with E-state index < -0.39 is 0 Å². The number of hydrogen-bond acceptors (Lipinski definition) is 3. The first kappa shape index (κ1) is 9.90. The molecule has 1 heterocycles. The summed E-state index contributed by atoms with van der Waals surface area (Å²) < 4.78 is 24.4. The maximum absolute atomic E-state index is 14.0. The van der Waals surface area contributed by atoms with Crippen LogP contribution in [0.4, 0.5) is 4.39 Å². The summed E-state index contributed by atoms with van der Waals surface area (Å²) in [7, 11) is 0. The Morgan fingerprint density at radius 3 is 2.50 bits per heavy atom. The van der Waals surface area contributed by atoms with Crippen molar-refractivity contribution in [2.45, 2.75) is 24.7 Å². The first-order valence-corrected chi connectivity index (χ1v) is 5.55. The molecule has 0 amide bonds. The lowest BCUT2D eigenvalue weighted by atomic mass is 9.64. The van der Waals surface area contributed by atoms with Crippen molar-refractivity contribution in [3.05, 3.63) is 23.5 Å². The van der Waals surface area contributed by atoms with E-state index in [1.165, 1.54) is 6.07 Å². The lowest BCUT2D eigenvalue weighted by Crippen LogP contribution is -2.42. The zero-order chi connectivity index (χ0) is 11.2. The molecule has 0 spiro atoms. The molecule has 1 aromatic carbocycles. The third-order valence-electron chi connectivity index (χ3n) is 3.74. The fraction of sp³-hybridized carbons (Fsp3) is 0.500. The molecule has 0 aromatic heterocycles. The molecule has 1 fully saturated rings. The van der Waals surface area contributed by atoms with E-state index >= 15 is 0 Å². The van der Waals surface area contributed by atoms with Crippen LogP contribution in [0.25, 0.3) is 0 Å². The number of nitrogens with two attached hydrogens (primary N) is 1. The van der Waals surface area contributed by atoms with Crippen molar-refractivity contribution in [3.63, 3.8) is 0 Å². The molecule has 0 atom stereocenters. The van der Waals surface area contributed by atoms with E-state index in [4.69, 9.17) is 15.2 Å². The standard InChI is InChI=1S/C12H14FNO2/c13-9-5-11-10(15-7-16-11)4-8(9)12(6-14)2-1-3-12/h4-5H,1-3,6-7,14H2. The second-order valence-corrected chi connectivity index (χ2v) is 4.52. The SMILES string of the molecule is NCC1(c2cc3c(cc2F)OCO3)CCC1. The molecule has 2 aliphatic rings. The second kappa shape index (κ2) is 3.35. The molecule has 2 N–H and O–H groups in total. The van der Waals surface area contributed by atoms with Crippen LogP contribution < -0.4 is 15.2 Å². The lowest BCUT2D eigenvalue weighted by Gasteiger charge is -2.41. The molecule has 3 nitrogen and oxygen atoms in total. The summed E-state index contributed by atoms with van der Waals surface area (Å²) in [5.74, 6) is 0.901. The largest absolute Gasteiger partial charge is 0.454 e. The first-order chi connectivity index (χ1) is 7.75. The summed E-state index contributed by atoms with van der Waals surface area (Å²) in [5.41, 5.74) is 6.29. The van der Waals surface area contributed by atoms with Crippen LogP contribution in [-0.4, -0.2) is 13.3 Å². The molecule has 1 aromatic rings. The van der Waals surface area contributed by atoms with Crippen LogP contribution in [-0.2, 0) is 5.41 Å². The van der Waals surface area contributed by atoms with E-state index in [0.717, 1.165) is 19.3 Å². The van der Waals surface area contributed by atoms with Gasteiger partial charge in [-0.25, -0.2) is 4.39 Å². The normalized spacial score (nSPS) is 20.6. The number of fused-ring (bicyclic) bond motifs is 1. The molecule has 1 saturated carbocycles. The third kappa shape index (κ3) is 1.23. The summed E-state index contributed by atoms with van der Waals surface area (Å²) >= 11 is 0. The first-order valence-electron chi connectivity index (χ1n) is 5.55. The van der Waals surface area contributed by atoms with E-state index in [-0.39, 0.29) is 18.0 Å². The van der Waals surface area contributed by atoms with Crippen LogP contribution >= 0.6 is 0 Å². The van der Waals surface area contributed by atoms with Crippen LogP contribution in [0.3, 0.4) is 0 Å². The van der Waals surface area contributed by atoms with Gasteiger partial charge in [0.25, 0.3) is 0 Å². The van der Waals surface area contributed by atoms with Crippen molar-refractivity contribution < 1.29 is 13.9 Å². The molecule has 16 heavy (non-hydrogen) atoms. The monoisotopic (exact) mass is 223 g/mol. The van der Waals surface area contributed by atoms with Crippen molar-refractivity contribution in [1.82, 2.24) is 0 Å². The predicted molar refractivity (Wildman–Crippen MR) is 57.1 cm³/mol. The zero-order valence-electron chi connectivity index (χ0n) is 8.96. The van der Waals surface area contributed by atoms with Crippen LogP contribution in [0.2, 0.25) is 0 Å². The maximum atomic E-state index is 14.0. The quantitative estimate of drug-likeness (QED) is 0.833. The lowest BCUT2D eigenvalue weighted by molar-refractivity contribution is 0.173. The number of benzene rings is 1. The number of halogens is 1. The minimum absolute atomic E-state index is 0.174. The van der Waals surface area contributed by atoms with Crippen LogP contribution in [0.15, 0.2) is 12.1 Å². The van der Waals surface area contributed by atoms with Gasteiger partial charge in [0.15, 0.2) is 11.5 Å². The topological polar surface area (TPSA) is 44.5 Å². The summed E-state index contributed by atoms with van der Waals surface area (Å²) in [4.78, 5) is 0. The Morgan fingerprint density at radius 1 is 1.25 bits per heavy atom. The minimum atomic E-state index is -0.227. The third-order valence-corrected chi connectivity index (χ3v) is 3.74. The highest BCUT2D eigenvalue weighted by Crippen LogP contribution is 2.47. The predicted octanol–water partition coefficient (Wildman–Crippen LogP) is 1.93. The van der Waals surface area contributed by atoms with Gasteiger partial charge in [0.05, 0.1) is 0 Å². The van der Waals surface area contributed by atoms with Gasteiger partial charge in [0, 0.05) is 18.0 Å². The molecule has 4 heteroatoms. The maximum Gasteiger partial charge on any atom is 0.231 e. The highest BCUT2D eigenvalue weighted by Gasteiger charge is 2.40. The Hall–Kier alpha value is -1.29. The molecule has 86 valence electrons. The molecule has 0 saturated heterocycles. The molecular formula is C12H14FNO2. The minimum Gasteiger partial charge on any atom is -0.454 e. The van der Waals surface area contributed by atoms with Crippen LogP contribution in [0.5, 0.6) is 11.5 Å². The summed E-state index contributed by atoms with van der Waals surface area (Å²) in [6.45, 7) is 0.664. The Bertz CT molecular complexity index is 424. The summed E-state index contributed by atoms with van der Waals surface area (Å²) in [6, 6.07) is 3.16. The Kier molecular flexibility index (Phi) is 2.07. The smallest absolute Gasteiger partial charge is 0.231 e. The highest BCUT2D eigenvalue weighted by molar-refractivity contribution is 5.48. The van der Waals surface area contributed by atoms with Gasteiger partial charge in [-0.3, -0.25) is 0 Å². The molecule has 1 aliphatic carbocycles. The van der Waals surface area contributed by atoms with Crippen LogP contribution in [0.1, 0.15) is 24.8 Å². The van der Waals surface area contributed by atoms with E-state index in [9.17, 15) is 4.39 Å². The number of hydrogen-bond donors (Lipinski definition) is 1. The van der Waals surface area contributed by atoms with Gasteiger partial charge in [0.2, 0.25) is 6.79 Å². The zero-order valence-corrected chi connectivity index (χ0v) is 8.96. The molecule has 1 aliphatic heterocycles. The number of ether oxygens (including phenoxy) is 2. The van der Waals surface area contributed by atoms with Gasteiger partial charge in [-0.05, 0) is 24.5 Å². The molecule has 0 unspecified atom stereocenters. The molecule has 3 rings (SSSR count). The van der Waals surface area contributed by atoms with Crippen molar-refractivity contribution in [2.75, 3.05) is 13.3 Å². The van der Waals surface area contributed by atoms with E-state index in [2.05, 4.69) is 0 Å².